The molecule has 8 nitrogen and oxygen atoms in total. The van der Waals surface area contributed by atoms with Gasteiger partial charge in [-0.05, 0) is 19.1 Å². The fourth-order valence-corrected chi connectivity index (χ4v) is 2.39. The van der Waals surface area contributed by atoms with Crippen molar-refractivity contribution in [3.05, 3.63) is 6.33 Å². The van der Waals surface area contributed by atoms with Crippen LogP contribution < -0.4 is 10.2 Å². The summed E-state index contributed by atoms with van der Waals surface area (Å²) in [4.78, 5) is 19.6. The summed E-state index contributed by atoms with van der Waals surface area (Å²) in [5, 5.41) is 7.97. The second-order valence-electron chi connectivity index (χ2n) is 4.38. The zero-order valence-electron chi connectivity index (χ0n) is 11.4. The molecule has 20 heavy (non-hydrogen) atoms. The Morgan fingerprint density at radius 2 is 1.90 bits per heavy atom. The summed E-state index contributed by atoms with van der Waals surface area (Å²) in [5.41, 5.74) is 0. The van der Waals surface area contributed by atoms with E-state index in [1.807, 2.05) is 6.26 Å². The topological polar surface area (TPSA) is 84.7 Å². The van der Waals surface area contributed by atoms with Crippen molar-refractivity contribution in [1.82, 2.24) is 29.7 Å². The van der Waals surface area contributed by atoms with Gasteiger partial charge in [0.15, 0.2) is 0 Å². The van der Waals surface area contributed by atoms with Gasteiger partial charge in [0.05, 0.1) is 0 Å². The lowest BCUT2D eigenvalue weighted by molar-refractivity contribution is 0.759. The highest BCUT2D eigenvalue weighted by Crippen LogP contribution is 2.18. The van der Waals surface area contributed by atoms with Gasteiger partial charge in [-0.2, -0.15) is 19.6 Å². The minimum absolute atomic E-state index is 0.485. The molecule has 0 bridgehead atoms. The van der Waals surface area contributed by atoms with E-state index in [-0.39, 0.29) is 0 Å². The highest BCUT2D eigenvalue weighted by Gasteiger charge is 2.18. The average Bonchev–Trinajstić information content (AvgIpc) is 3.17. The predicted molar refractivity (Wildman–Crippen MR) is 77.5 cm³/mol. The Bertz CT molecular complexity index is 592. The van der Waals surface area contributed by atoms with E-state index in [4.69, 9.17) is 0 Å². The highest BCUT2D eigenvalue weighted by atomic mass is 32.2. The summed E-state index contributed by atoms with van der Waals surface area (Å²) < 4.78 is 1.58. The van der Waals surface area contributed by atoms with Crippen molar-refractivity contribution in [3.8, 4) is 5.95 Å². The Morgan fingerprint density at radius 3 is 2.55 bits per heavy atom. The Labute approximate surface area is 121 Å². The maximum Gasteiger partial charge on any atom is 0.258 e. The number of hydrogen-bond donors (Lipinski definition) is 1. The Balaban J connectivity index is 1.98. The lowest BCUT2D eigenvalue weighted by atomic mass is 10.4. The molecule has 106 valence electrons. The first kappa shape index (κ1) is 13.1. The van der Waals surface area contributed by atoms with Crippen LogP contribution in [0.5, 0.6) is 0 Å². The van der Waals surface area contributed by atoms with E-state index in [9.17, 15) is 0 Å². The van der Waals surface area contributed by atoms with Crippen LogP contribution in [0, 0.1) is 0 Å². The van der Waals surface area contributed by atoms with Crippen molar-refractivity contribution in [2.75, 3.05) is 36.6 Å². The molecule has 1 aliphatic rings. The Hall–Kier alpha value is -1.90. The number of rotatable bonds is 4. The van der Waals surface area contributed by atoms with Crippen LogP contribution >= 0.6 is 11.8 Å². The molecule has 1 N–H and O–H groups in total. The van der Waals surface area contributed by atoms with Crippen molar-refractivity contribution in [3.63, 3.8) is 0 Å². The van der Waals surface area contributed by atoms with Crippen molar-refractivity contribution >= 4 is 23.7 Å². The molecule has 1 fully saturated rings. The van der Waals surface area contributed by atoms with Crippen LogP contribution in [0.15, 0.2) is 11.5 Å². The SMILES string of the molecule is CNc1nc(N2CCCC2)nc(-n2cnc(SC)n2)n1. The van der Waals surface area contributed by atoms with Gasteiger partial charge in [-0.25, -0.2) is 4.98 Å². The van der Waals surface area contributed by atoms with Gasteiger partial charge < -0.3 is 10.2 Å². The van der Waals surface area contributed by atoms with E-state index in [0.29, 0.717) is 23.0 Å². The van der Waals surface area contributed by atoms with Crippen molar-refractivity contribution in [2.24, 2.45) is 0 Å². The quantitative estimate of drug-likeness (QED) is 0.829. The maximum atomic E-state index is 4.50. The lowest BCUT2D eigenvalue weighted by Gasteiger charge is -2.16. The predicted octanol–water partition coefficient (Wildman–Crippen LogP) is 0.816. The summed E-state index contributed by atoms with van der Waals surface area (Å²) in [7, 11) is 1.79. The molecule has 0 aromatic carbocycles. The van der Waals surface area contributed by atoms with Crippen LogP contribution in [0.1, 0.15) is 12.8 Å². The standard InChI is InChI=1S/C11H16N8S/c1-12-8-14-9(18-5-3-4-6-18)16-10(15-8)19-7-13-11(17-19)20-2/h7H,3-6H2,1-2H3,(H,12,14,15,16). The zero-order valence-corrected chi connectivity index (χ0v) is 12.3. The molecule has 1 saturated heterocycles. The molecule has 0 radical (unpaired) electrons. The normalized spacial score (nSPS) is 14.8. The maximum absolute atomic E-state index is 4.50. The molecular formula is C11H16N8S. The molecule has 9 heteroatoms. The second-order valence-corrected chi connectivity index (χ2v) is 5.15. The van der Waals surface area contributed by atoms with Crippen molar-refractivity contribution in [2.45, 2.75) is 18.0 Å². The second kappa shape index (κ2) is 5.61. The summed E-state index contributed by atoms with van der Waals surface area (Å²) in [6.45, 7) is 1.97. The first-order chi connectivity index (χ1) is 9.80. The third kappa shape index (κ3) is 2.53. The number of aromatic nitrogens is 6. The fraction of sp³-hybridized carbons (Fsp3) is 0.545. The average molecular weight is 292 g/mol. The summed E-state index contributed by atoms with van der Waals surface area (Å²) in [6.07, 6.45) is 5.90. The van der Waals surface area contributed by atoms with Crippen LogP contribution in [0.3, 0.4) is 0 Å². The number of anilines is 2. The first-order valence-electron chi connectivity index (χ1n) is 6.45. The van der Waals surface area contributed by atoms with Gasteiger partial charge in [0.2, 0.25) is 17.1 Å². The van der Waals surface area contributed by atoms with Crippen molar-refractivity contribution < 1.29 is 0 Å². The largest absolute Gasteiger partial charge is 0.357 e. The third-order valence-electron chi connectivity index (χ3n) is 3.08. The van der Waals surface area contributed by atoms with Crippen LogP contribution in [-0.4, -0.2) is 56.1 Å². The molecule has 0 saturated carbocycles. The van der Waals surface area contributed by atoms with E-state index < -0.39 is 0 Å². The zero-order chi connectivity index (χ0) is 13.9. The van der Waals surface area contributed by atoms with Crippen LogP contribution in [0.4, 0.5) is 11.9 Å². The van der Waals surface area contributed by atoms with E-state index in [1.165, 1.54) is 24.6 Å². The lowest BCUT2D eigenvalue weighted by Crippen LogP contribution is -2.22. The fourth-order valence-electron chi connectivity index (χ4n) is 2.06. The van der Waals surface area contributed by atoms with Gasteiger partial charge in [0.25, 0.3) is 5.95 Å². The number of thioether (sulfide) groups is 1. The summed E-state index contributed by atoms with van der Waals surface area (Å²) in [5.74, 6) is 1.72. The molecular weight excluding hydrogens is 276 g/mol. The minimum Gasteiger partial charge on any atom is -0.357 e. The Morgan fingerprint density at radius 1 is 1.15 bits per heavy atom. The molecule has 3 rings (SSSR count). The van der Waals surface area contributed by atoms with E-state index in [1.54, 1.807) is 18.1 Å². The third-order valence-corrected chi connectivity index (χ3v) is 3.63. The van der Waals surface area contributed by atoms with Crippen LogP contribution in [0.2, 0.25) is 0 Å². The van der Waals surface area contributed by atoms with Gasteiger partial charge in [-0.15, -0.1) is 5.10 Å². The van der Waals surface area contributed by atoms with Gasteiger partial charge in [-0.1, -0.05) is 11.8 Å². The summed E-state index contributed by atoms with van der Waals surface area (Å²) >= 11 is 1.48. The monoisotopic (exact) mass is 292 g/mol. The molecule has 0 spiro atoms. The minimum atomic E-state index is 0.485. The molecule has 1 aliphatic heterocycles. The molecule has 2 aromatic rings. The molecule has 0 unspecified atom stereocenters. The van der Waals surface area contributed by atoms with Gasteiger partial charge >= 0.3 is 0 Å². The number of nitrogens with one attached hydrogen (secondary N) is 1. The molecule has 2 aromatic heterocycles. The molecule has 0 amide bonds. The van der Waals surface area contributed by atoms with Gasteiger partial charge in [0.1, 0.15) is 6.33 Å². The first-order valence-corrected chi connectivity index (χ1v) is 7.67. The van der Waals surface area contributed by atoms with Crippen LogP contribution in [0.25, 0.3) is 5.95 Å². The molecule has 0 atom stereocenters. The smallest absolute Gasteiger partial charge is 0.258 e. The summed E-state index contributed by atoms with van der Waals surface area (Å²) in [6, 6.07) is 0. The molecule has 0 aliphatic carbocycles. The van der Waals surface area contributed by atoms with Crippen LogP contribution in [-0.2, 0) is 0 Å². The van der Waals surface area contributed by atoms with E-state index >= 15 is 0 Å². The van der Waals surface area contributed by atoms with Gasteiger partial charge in [0, 0.05) is 20.1 Å². The highest BCUT2D eigenvalue weighted by molar-refractivity contribution is 7.98. The van der Waals surface area contributed by atoms with E-state index in [2.05, 4.69) is 35.3 Å². The molecule has 3 heterocycles. The number of nitrogens with zero attached hydrogens (tertiary/aromatic N) is 7. The van der Waals surface area contributed by atoms with Crippen molar-refractivity contribution in [1.29, 1.82) is 0 Å². The number of hydrogen-bond acceptors (Lipinski definition) is 8. The van der Waals surface area contributed by atoms with Gasteiger partial charge in [-0.3, -0.25) is 0 Å². The van der Waals surface area contributed by atoms with E-state index in [0.717, 1.165) is 13.1 Å². The Kier molecular flexibility index (Phi) is 3.68.